The number of hydrogen-bond acceptors (Lipinski definition) is 4. The van der Waals surface area contributed by atoms with E-state index in [9.17, 15) is 9.59 Å². The van der Waals surface area contributed by atoms with Crippen LogP contribution in [0.2, 0.25) is 0 Å². The maximum atomic E-state index is 12.4. The first kappa shape index (κ1) is 15.5. The molecule has 1 unspecified atom stereocenters. The number of carbonyl (C=O) groups is 2. The maximum Gasteiger partial charge on any atom is 0.340 e. The number of benzene rings is 1. The molecule has 5 nitrogen and oxygen atoms in total. The van der Waals surface area contributed by atoms with E-state index in [-0.39, 0.29) is 11.9 Å². The predicted octanol–water partition coefficient (Wildman–Crippen LogP) is 2.68. The molecule has 1 fully saturated rings. The highest BCUT2D eigenvalue weighted by Crippen LogP contribution is 2.20. The Morgan fingerprint density at radius 3 is 2.70 bits per heavy atom. The summed E-state index contributed by atoms with van der Waals surface area (Å²) in [6.07, 6.45) is 1.19. The number of fused-ring (bicyclic) bond motifs is 1. The second kappa shape index (κ2) is 5.99. The van der Waals surface area contributed by atoms with Gasteiger partial charge in [0.25, 0.3) is 5.91 Å². The van der Waals surface area contributed by atoms with Crippen molar-refractivity contribution < 1.29 is 14.3 Å². The summed E-state index contributed by atoms with van der Waals surface area (Å²) in [5.41, 5.74) is 2.93. The Bertz CT molecular complexity index is 781. The van der Waals surface area contributed by atoms with Crippen molar-refractivity contribution in [2.45, 2.75) is 45.8 Å². The number of nitrogens with one attached hydrogen (secondary N) is 1. The summed E-state index contributed by atoms with van der Waals surface area (Å²) in [7, 11) is 0. The Morgan fingerprint density at radius 1 is 1.26 bits per heavy atom. The van der Waals surface area contributed by atoms with Gasteiger partial charge in [-0.3, -0.25) is 9.78 Å². The standard InChI is InChI=1S/C18H20N2O3/c1-10-4-7-16-13(8-10)9-15(11(2)19-16)18(22)23-12(3)17(21)20-14-5-6-14/h4,7-9,12,14H,5-6H2,1-3H3,(H,20,21). The Hall–Kier alpha value is -2.43. The fourth-order valence-electron chi connectivity index (χ4n) is 2.42. The van der Waals surface area contributed by atoms with Crippen LogP contribution in [0.3, 0.4) is 0 Å². The zero-order valence-corrected chi connectivity index (χ0v) is 13.6. The van der Waals surface area contributed by atoms with Gasteiger partial charge in [0.05, 0.1) is 16.8 Å². The summed E-state index contributed by atoms with van der Waals surface area (Å²) in [5, 5.41) is 3.72. The lowest BCUT2D eigenvalue weighted by Crippen LogP contribution is -2.37. The van der Waals surface area contributed by atoms with Gasteiger partial charge in [0.1, 0.15) is 0 Å². The summed E-state index contributed by atoms with van der Waals surface area (Å²) in [6, 6.07) is 7.91. The number of amides is 1. The second-order valence-electron chi connectivity index (χ2n) is 6.15. The van der Waals surface area contributed by atoms with E-state index in [4.69, 9.17) is 4.74 Å². The highest BCUT2D eigenvalue weighted by atomic mass is 16.5. The third-order valence-corrected chi connectivity index (χ3v) is 3.96. The van der Waals surface area contributed by atoms with Crippen LogP contribution in [0, 0.1) is 13.8 Å². The lowest BCUT2D eigenvalue weighted by molar-refractivity contribution is -0.129. The predicted molar refractivity (Wildman–Crippen MR) is 87.3 cm³/mol. The lowest BCUT2D eigenvalue weighted by atomic mass is 10.1. The number of carbonyl (C=O) groups excluding carboxylic acids is 2. The average molecular weight is 312 g/mol. The second-order valence-corrected chi connectivity index (χ2v) is 6.15. The van der Waals surface area contributed by atoms with Crippen LogP contribution < -0.4 is 5.32 Å². The molecular formula is C18H20N2O3. The highest BCUT2D eigenvalue weighted by molar-refractivity contribution is 5.96. The van der Waals surface area contributed by atoms with Crippen LogP contribution in [0.25, 0.3) is 10.9 Å². The molecule has 1 N–H and O–H groups in total. The largest absolute Gasteiger partial charge is 0.449 e. The zero-order chi connectivity index (χ0) is 16.6. The lowest BCUT2D eigenvalue weighted by Gasteiger charge is -2.14. The van der Waals surface area contributed by atoms with Gasteiger partial charge in [-0.2, -0.15) is 0 Å². The first-order valence-corrected chi connectivity index (χ1v) is 7.83. The minimum atomic E-state index is -0.810. The van der Waals surface area contributed by atoms with Crippen molar-refractivity contribution in [2.75, 3.05) is 0 Å². The number of ether oxygens (including phenoxy) is 1. The van der Waals surface area contributed by atoms with Gasteiger partial charge in [0.2, 0.25) is 0 Å². The molecule has 1 aromatic carbocycles. The number of rotatable bonds is 4. The highest BCUT2D eigenvalue weighted by Gasteiger charge is 2.27. The number of pyridine rings is 1. The SMILES string of the molecule is Cc1ccc2nc(C)c(C(=O)OC(C)C(=O)NC3CC3)cc2c1. The fourth-order valence-corrected chi connectivity index (χ4v) is 2.42. The molecule has 0 spiro atoms. The van der Waals surface area contributed by atoms with Crippen molar-refractivity contribution >= 4 is 22.8 Å². The quantitative estimate of drug-likeness (QED) is 0.881. The Morgan fingerprint density at radius 2 is 2.00 bits per heavy atom. The molecular weight excluding hydrogens is 292 g/mol. The Balaban J connectivity index is 1.79. The molecule has 2 aromatic rings. The Labute approximate surface area is 135 Å². The van der Waals surface area contributed by atoms with Crippen LogP contribution in [0.5, 0.6) is 0 Å². The molecule has 1 aliphatic rings. The minimum absolute atomic E-state index is 0.246. The molecule has 1 saturated carbocycles. The number of nitrogens with zero attached hydrogens (tertiary/aromatic N) is 1. The van der Waals surface area contributed by atoms with Gasteiger partial charge in [-0.1, -0.05) is 11.6 Å². The van der Waals surface area contributed by atoms with E-state index < -0.39 is 12.1 Å². The zero-order valence-electron chi connectivity index (χ0n) is 13.6. The molecule has 1 aromatic heterocycles. The van der Waals surface area contributed by atoms with Gasteiger partial charge < -0.3 is 10.1 Å². The number of hydrogen-bond donors (Lipinski definition) is 1. The van der Waals surface area contributed by atoms with E-state index in [0.29, 0.717) is 11.3 Å². The third-order valence-electron chi connectivity index (χ3n) is 3.96. The van der Waals surface area contributed by atoms with Crippen LogP contribution in [0.1, 0.15) is 41.4 Å². The van der Waals surface area contributed by atoms with Gasteiger partial charge in [-0.25, -0.2) is 4.79 Å². The van der Waals surface area contributed by atoms with E-state index >= 15 is 0 Å². The maximum absolute atomic E-state index is 12.4. The van der Waals surface area contributed by atoms with E-state index in [1.54, 1.807) is 19.9 Å². The van der Waals surface area contributed by atoms with E-state index in [0.717, 1.165) is 29.3 Å². The Kier molecular flexibility index (Phi) is 4.03. The van der Waals surface area contributed by atoms with E-state index in [2.05, 4.69) is 10.3 Å². The van der Waals surface area contributed by atoms with Crippen molar-refractivity contribution in [3.63, 3.8) is 0 Å². The monoisotopic (exact) mass is 312 g/mol. The molecule has 0 radical (unpaired) electrons. The van der Waals surface area contributed by atoms with Crippen LogP contribution in [0.15, 0.2) is 24.3 Å². The average Bonchev–Trinajstić information content (AvgIpc) is 3.30. The molecule has 0 aliphatic heterocycles. The summed E-state index contributed by atoms with van der Waals surface area (Å²) >= 11 is 0. The molecule has 1 atom stereocenters. The van der Waals surface area contributed by atoms with E-state index in [1.165, 1.54) is 0 Å². The number of esters is 1. The van der Waals surface area contributed by atoms with Crippen LogP contribution in [-0.4, -0.2) is 29.0 Å². The van der Waals surface area contributed by atoms with Crippen LogP contribution in [-0.2, 0) is 9.53 Å². The first-order valence-electron chi connectivity index (χ1n) is 7.83. The molecule has 0 bridgehead atoms. The van der Waals surface area contributed by atoms with Gasteiger partial charge in [0.15, 0.2) is 6.10 Å². The molecule has 23 heavy (non-hydrogen) atoms. The van der Waals surface area contributed by atoms with Crippen molar-refractivity contribution in [1.82, 2.24) is 10.3 Å². The number of aromatic nitrogens is 1. The first-order chi connectivity index (χ1) is 10.9. The van der Waals surface area contributed by atoms with Gasteiger partial charge in [-0.05, 0) is 51.8 Å². The van der Waals surface area contributed by atoms with Crippen molar-refractivity contribution in [1.29, 1.82) is 0 Å². The molecule has 0 saturated heterocycles. The molecule has 1 amide bonds. The smallest absolute Gasteiger partial charge is 0.340 e. The van der Waals surface area contributed by atoms with Crippen molar-refractivity contribution in [2.24, 2.45) is 0 Å². The van der Waals surface area contributed by atoms with Gasteiger partial charge in [-0.15, -0.1) is 0 Å². The van der Waals surface area contributed by atoms with Gasteiger partial charge >= 0.3 is 5.97 Å². The van der Waals surface area contributed by atoms with Crippen LogP contribution >= 0.6 is 0 Å². The summed E-state index contributed by atoms with van der Waals surface area (Å²) in [6.45, 7) is 5.34. The normalized spacial score (nSPS) is 15.3. The molecule has 1 heterocycles. The number of aryl methyl sites for hydroxylation is 2. The van der Waals surface area contributed by atoms with Crippen molar-refractivity contribution in [3.8, 4) is 0 Å². The van der Waals surface area contributed by atoms with E-state index in [1.807, 2.05) is 25.1 Å². The summed E-state index contributed by atoms with van der Waals surface area (Å²) in [4.78, 5) is 28.7. The fraction of sp³-hybridized carbons (Fsp3) is 0.389. The summed E-state index contributed by atoms with van der Waals surface area (Å²) in [5.74, 6) is -0.764. The van der Waals surface area contributed by atoms with Gasteiger partial charge in [0, 0.05) is 11.4 Å². The molecule has 5 heteroatoms. The molecule has 1 aliphatic carbocycles. The minimum Gasteiger partial charge on any atom is -0.449 e. The molecule has 120 valence electrons. The van der Waals surface area contributed by atoms with Crippen molar-refractivity contribution in [3.05, 3.63) is 41.1 Å². The third kappa shape index (κ3) is 3.50. The van der Waals surface area contributed by atoms with Crippen LogP contribution in [0.4, 0.5) is 0 Å². The molecule has 3 rings (SSSR count). The topological polar surface area (TPSA) is 68.3 Å². The summed E-state index contributed by atoms with van der Waals surface area (Å²) < 4.78 is 5.30.